The lowest BCUT2D eigenvalue weighted by Crippen LogP contribution is -2.38. The van der Waals surface area contributed by atoms with E-state index in [0.29, 0.717) is 6.54 Å². The number of hydrogen-bond acceptors (Lipinski definition) is 5. The predicted octanol–water partition coefficient (Wildman–Crippen LogP) is 4.57. The van der Waals surface area contributed by atoms with Gasteiger partial charge in [0, 0.05) is 11.6 Å². The molecule has 0 spiro atoms. The van der Waals surface area contributed by atoms with Gasteiger partial charge in [-0.2, -0.15) is 0 Å². The van der Waals surface area contributed by atoms with Gasteiger partial charge in [0.1, 0.15) is 12.3 Å². The first-order valence-corrected chi connectivity index (χ1v) is 13.0. The van der Waals surface area contributed by atoms with E-state index in [4.69, 9.17) is 16.3 Å². The number of carbonyl (C=O) groups excluding carboxylic acids is 2. The highest BCUT2D eigenvalue weighted by Gasteiger charge is 2.30. The molecule has 190 valence electrons. The van der Waals surface area contributed by atoms with Gasteiger partial charge in [0.2, 0.25) is 5.91 Å². The maximum atomic E-state index is 13.6. The summed E-state index contributed by atoms with van der Waals surface area (Å²) in [6.45, 7) is 3.83. The number of para-hydroxylation sites is 1. The van der Waals surface area contributed by atoms with E-state index in [0.717, 1.165) is 4.31 Å². The molecule has 3 rings (SSSR count). The molecule has 0 aliphatic rings. The van der Waals surface area contributed by atoms with Crippen LogP contribution in [0.5, 0.6) is 5.75 Å². The van der Waals surface area contributed by atoms with Crippen molar-refractivity contribution < 1.29 is 22.7 Å². The third kappa shape index (κ3) is 6.56. The molecule has 2 N–H and O–H groups in total. The second kappa shape index (κ2) is 11.9. The molecule has 36 heavy (non-hydrogen) atoms. The molecular weight excluding hydrogens is 502 g/mol. The summed E-state index contributed by atoms with van der Waals surface area (Å²) in [5.41, 5.74) is 0.634. The molecule has 0 aliphatic heterocycles. The summed E-state index contributed by atoms with van der Waals surface area (Å²) < 4.78 is 33.5. The number of halogens is 1. The zero-order chi connectivity index (χ0) is 26.3. The van der Waals surface area contributed by atoms with Crippen LogP contribution in [-0.4, -0.2) is 40.4 Å². The number of nitrogens with one attached hydrogen (secondary N) is 2. The van der Waals surface area contributed by atoms with Crippen molar-refractivity contribution in [1.82, 2.24) is 5.32 Å². The average Bonchev–Trinajstić information content (AvgIpc) is 2.86. The summed E-state index contributed by atoms with van der Waals surface area (Å²) in [6, 6.07) is 18.8. The van der Waals surface area contributed by atoms with E-state index < -0.39 is 22.5 Å². The van der Waals surface area contributed by atoms with Gasteiger partial charge in [0.15, 0.2) is 0 Å². The Kier molecular flexibility index (Phi) is 8.95. The number of nitrogens with zero attached hydrogens (tertiary/aromatic N) is 1. The zero-order valence-corrected chi connectivity index (χ0v) is 21.8. The van der Waals surface area contributed by atoms with Gasteiger partial charge in [-0.15, -0.1) is 0 Å². The molecule has 10 heteroatoms. The molecular formula is C26H28ClN3O5S. The van der Waals surface area contributed by atoms with Crippen LogP contribution in [0.15, 0.2) is 77.7 Å². The molecule has 0 radical (unpaired) electrons. The Hall–Kier alpha value is -3.56. The third-order valence-electron chi connectivity index (χ3n) is 5.14. The van der Waals surface area contributed by atoms with Gasteiger partial charge in [-0.05, 0) is 48.4 Å². The van der Waals surface area contributed by atoms with Gasteiger partial charge in [-0.25, -0.2) is 8.42 Å². The fraction of sp³-hybridized carbons (Fsp3) is 0.231. The zero-order valence-electron chi connectivity index (χ0n) is 20.2. The topological polar surface area (TPSA) is 105 Å². The van der Waals surface area contributed by atoms with Gasteiger partial charge in [0.05, 0.1) is 28.9 Å². The molecule has 8 nitrogen and oxygen atoms in total. The van der Waals surface area contributed by atoms with Crippen LogP contribution in [0.3, 0.4) is 0 Å². The Labute approximate surface area is 216 Å². The molecule has 3 aromatic rings. The van der Waals surface area contributed by atoms with Crippen LogP contribution >= 0.6 is 11.6 Å². The number of rotatable bonds is 10. The van der Waals surface area contributed by atoms with Crippen molar-refractivity contribution in [2.45, 2.75) is 18.7 Å². The summed E-state index contributed by atoms with van der Waals surface area (Å²) in [4.78, 5) is 25.8. The highest BCUT2D eigenvalue weighted by Crippen LogP contribution is 2.34. The van der Waals surface area contributed by atoms with E-state index in [2.05, 4.69) is 10.6 Å². The van der Waals surface area contributed by atoms with Crippen molar-refractivity contribution in [2.24, 2.45) is 5.92 Å². The van der Waals surface area contributed by atoms with E-state index in [1.165, 1.54) is 31.4 Å². The van der Waals surface area contributed by atoms with Crippen molar-refractivity contribution >= 4 is 44.8 Å². The largest absolute Gasteiger partial charge is 0.495 e. The first-order valence-electron chi connectivity index (χ1n) is 11.2. The van der Waals surface area contributed by atoms with Gasteiger partial charge >= 0.3 is 0 Å². The molecule has 0 saturated carbocycles. The van der Waals surface area contributed by atoms with Gasteiger partial charge in [-0.3, -0.25) is 13.9 Å². The van der Waals surface area contributed by atoms with E-state index in [1.54, 1.807) is 48.5 Å². The normalized spacial score (nSPS) is 11.1. The van der Waals surface area contributed by atoms with E-state index in [1.807, 2.05) is 13.8 Å². The maximum absolute atomic E-state index is 13.6. The summed E-state index contributed by atoms with van der Waals surface area (Å²) >= 11 is 6.17. The number of amides is 2. The van der Waals surface area contributed by atoms with Crippen LogP contribution in [0, 0.1) is 5.92 Å². The van der Waals surface area contributed by atoms with Gasteiger partial charge in [-0.1, -0.05) is 55.8 Å². The number of methoxy groups -OCH3 is 1. The molecule has 0 unspecified atom stereocenters. The monoisotopic (exact) mass is 529 g/mol. The van der Waals surface area contributed by atoms with Crippen LogP contribution in [0.1, 0.15) is 24.2 Å². The van der Waals surface area contributed by atoms with Crippen LogP contribution in [0.25, 0.3) is 0 Å². The molecule has 0 heterocycles. The standard InChI is InChI=1S/C26H28ClN3O5S/c1-18(2)16-28-26(32)21-11-7-8-12-22(21)29-25(31)17-30(23-15-19(27)13-14-24(23)35-3)36(33,34)20-9-5-4-6-10-20/h4-15,18H,16-17H2,1-3H3,(H,28,32)(H,29,31). The number of ether oxygens (including phenoxy) is 1. The van der Waals surface area contributed by atoms with Crippen molar-refractivity contribution in [2.75, 3.05) is 29.8 Å². The molecule has 0 saturated heterocycles. The van der Waals surface area contributed by atoms with E-state index in [9.17, 15) is 18.0 Å². The minimum absolute atomic E-state index is 0.00621. The summed E-state index contributed by atoms with van der Waals surface area (Å²) in [5, 5.41) is 5.76. The summed E-state index contributed by atoms with van der Waals surface area (Å²) in [7, 11) is -2.79. The molecule has 0 aromatic heterocycles. The maximum Gasteiger partial charge on any atom is 0.264 e. The predicted molar refractivity (Wildman–Crippen MR) is 141 cm³/mol. The van der Waals surface area contributed by atoms with Crippen LogP contribution in [0.2, 0.25) is 5.02 Å². The van der Waals surface area contributed by atoms with Crippen molar-refractivity contribution in [1.29, 1.82) is 0 Å². The quantitative estimate of drug-likeness (QED) is 0.400. The third-order valence-corrected chi connectivity index (χ3v) is 7.15. The summed E-state index contributed by atoms with van der Waals surface area (Å²) in [5.74, 6) is -0.522. The average molecular weight is 530 g/mol. The van der Waals surface area contributed by atoms with Crippen LogP contribution < -0.4 is 19.7 Å². The minimum Gasteiger partial charge on any atom is -0.495 e. The summed E-state index contributed by atoms with van der Waals surface area (Å²) in [6.07, 6.45) is 0. The highest BCUT2D eigenvalue weighted by atomic mass is 35.5. The Morgan fingerprint density at radius 3 is 2.33 bits per heavy atom. The van der Waals surface area contributed by atoms with Crippen molar-refractivity contribution in [3.05, 3.63) is 83.4 Å². The first-order chi connectivity index (χ1) is 17.1. The number of sulfonamides is 1. The smallest absolute Gasteiger partial charge is 0.264 e. The second-order valence-electron chi connectivity index (χ2n) is 8.34. The molecule has 0 fully saturated rings. The Bertz CT molecular complexity index is 1330. The van der Waals surface area contributed by atoms with Gasteiger partial charge < -0.3 is 15.4 Å². The Morgan fingerprint density at radius 2 is 1.67 bits per heavy atom. The highest BCUT2D eigenvalue weighted by molar-refractivity contribution is 7.92. The van der Waals surface area contributed by atoms with E-state index >= 15 is 0 Å². The minimum atomic E-state index is -4.18. The lowest BCUT2D eigenvalue weighted by atomic mass is 10.1. The number of carbonyl (C=O) groups is 2. The van der Waals surface area contributed by atoms with Crippen molar-refractivity contribution in [3.8, 4) is 5.75 Å². The first kappa shape index (κ1) is 27.0. The molecule has 0 atom stereocenters. The van der Waals surface area contributed by atoms with Crippen LogP contribution in [0.4, 0.5) is 11.4 Å². The molecule has 2 amide bonds. The number of benzene rings is 3. The fourth-order valence-electron chi connectivity index (χ4n) is 3.38. The van der Waals surface area contributed by atoms with Crippen molar-refractivity contribution in [3.63, 3.8) is 0 Å². The lowest BCUT2D eigenvalue weighted by Gasteiger charge is -2.26. The Balaban J connectivity index is 1.96. The lowest BCUT2D eigenvalue weighted by molar-refractivity contribution is -0.114. The fourth-order valence-corrected chi connectivity index (χ4v) is 4.99. The number of anilines is 2. The van der Waals surface area contributed by atoms with E-state index in [-0.39, 0.29) is 44.4 Å². The molecule has 0 aliphatic carbocycles. The Morgan fingerprint density at radius 1 is 1.00 bits per heavy atom. The van der Waals surface area contributed by atoms with Gasteiger partial charge in [0.25, 0.3) is 15.9 Å². The molecule has 3 aromatic carbocycles. The number of hydrogen-bond donors (Lipinski definition) is 2. The van der Waals surface area contributed by atoms with Crippen LogP contribution in [-0.2, 0) is 14.8 Å². The molecule has 0 bridgehead atoms. The SMILES string of the molecule is COc1ccc(Cl)cc1N(CC(=O)Nc1ccccc1C(=O)NCC(C)C)S(=O)(=O)c1ccccc1. The second-order valence-corrected chi connectivity index (χ2v) is 10.6.